The van der Waals surface area contributed by atoms with E-state index in [9.17, 15) is 19.8 Å². The first kappa shape index (κ1) is 23.4. The molecule has 0 aliphatic heterocycles. The molecular weight excluding hydrogens is 376 g/mol. The first-order valence-electron chi connectivity index (χ1n) is 11.8. The van der Waals surface area contributed by atoms with Crippen molar-refractivity contribution in [2.24, 2.45) is 40.4 Å². The number of Topliss-reactive ketones (excluding diaryl/α,β-unsaturated/α-hetero) is 1. The molecule has 0 amide bonds. The lowest BCUT2D eigenvalue weighted by Gasteiger charge is -2.49. The highest BCUT2D eigenvalue weighted by atomic mass is 16.3. The van der Waals surface area contributed by atoms with E-state index in [0.717, 1.165) is 24.7 Å². The van der Waals surface area contributed by atoms with Gasteiger partial charge < -0.3 is 15.0 Å². The molecule has 3 rings (SSSR count). The van der Waals surface area contributed by atoms with Gasteiger partial charge >= 0.3 is 0 Å². The molecule has 168 valence electrons. The molecule has 4 nitrogen and oxygen atoms in total. The van der Waals surface area contributed by atoms with Crippen LogP contribution in [0.15, 0.2) is 23.8 Å². The molecule has 0 bridgehead atoms. The first-order chi connectivity index (χ1) is 14.0. The van der Waals surface area contributed by atoms with E-state index >= 15 is 0 Å². The van der Waals surface area contributed by atoms with Crippen molar-refractivity contribution in [1.82, 2.24) is 0 Å². The van der Waals surface area contributed by atoms with Crippen LogP contribution in [0.4, 0.5) is 0 Å². The van der Waals surface area contributed by atoms with Crippen molar-refractivity contribution in [1.29, 1.82) is 0 Å². The summed E-state index contributed by atoms with van der Waals surface area (Å²) in [5.74, 6) is 1.05. The normalized spacial score (nSPS) is 43.0. The van der Waals surface area contributed by atoms with Gasteiger partial charge in [-0.05, 0) is 72.8 Å². The molecule has 2 N–H and O–H groups in total. The minimum Gasteiger partial charge on any atom is -0.393 e. The second-order valence-corrected chi connectivity index (χ2v) is 11.0. The zero-order chi connectivity index (χ0) is 22.3. The Labute approximate surface area is 181 Å². The molecular formula is C26H40O4. The first-order valence-corrected chi connectivity index (χ1v) is 11.8. The van der Waals surface area contributed by atoms with Gasteiger partial charge in [0.05, 0.1) is 12.2 Å². The summed E-state index contributed by atoms with van der Waals surface area (Å²) in [5, 5.41) is 21.0. The van der Waals surface area contributed by atoms with Gasteiger partial charge in [-0.25, -0.2) is 0 Å². The maximum Gasteiger partial charge on any atom is 0.165 e. The van der Waals surface area contributed by atoms with E-state index in [2.05, 4.69) is 39.8 Å². The average molecular weight is 417 g/mol. The smallest absolute Gasteiger partial charge is 0.165 e. The third-order valence-electron chi connectivity index (χ3n) is 8.63. The van der Waals surface area contributed by atoms with Crippen LogP contribution in [0.2, 0.25) is 0 Å². The van der Waals surface area contributed by atoms with Gasteiger partial charge in [0.1, 0.15) is 6.29 Å². The zero-order valence-electron chi connectivity index (χ0n) is 19.3. The van der Waals surface area contributed by atoms with Crippen LogP contribution in [0.5, 0.6) is 0 Å². The SMILES string of the molecule is CC(C)C=C[C@@H](C)[C@H]1CCC(C2=CC(O)C3CC(O)CC[C@]3(C)C2=O)[C@]1(C)CC=O. The standard InChI is InChI=1S/C26H40O4/c1-16(2)6-7-17(3)20-8-9-21(25(20,4)12-13-27)19-15-23(29)22-14-18(28)10-11-26(22,5)24(19)30/h6-7,13,15-18,20-23,28-29H,8-12,14H2,1-5H3/t17-,18?,20-,21?,22?,23?,25-,26+/m1/s1. The fourth-order valence-corrected chi connectivity index (χ4v) is 6.74. The summed E-state index contributed by atoms with van der Waals surface area (Å²) >= 11 is 0. The molecule has 3 aliphatic rings. The molecule has 0 aromatic carbocycles. The lowest BCUT2D eigenvalue weighted by Crippen LogP contribution is -2.52. The molecule has 8 atom stereocenters. The summed E-state index contributed by atoms with van der Waals surface area (Å²) in [7, 11) is 0. The quantitative estimate of drug-likeness (QED) is 0.494. The molecule has 4 heteroatoms. The molecule has 2 saturated carbocycles. The highest BCUT2D eigenvalue weighted by molar-refractivity contribution is 6.01. The highest BCUT2D eigenvalue weighted by Gasteiger charge is 2.56. The lowest BCUT2D eigenvalue weighted by molar-refractivity contribution is -0.138. The molecule has 3 aliphatic carbocycles. The number of rotatable bonds is 6. The van der Waals surface area contributed by atoms with E-state index in [4.69, 9.17) is 0 Å². The second kappa shape index (κ2) is 8.70. The van der Waals surface area contributed by atoms with Crippen LogP contribution in [0.25, 0.3) is 0 Å². The van der Waals surface area contributed by atoms with Crippen LogP contribution < -0.4 is 0 Å². The van der Waals surface area contributed by atoms with E-state index in [0.29, 0.717) is 43.4 Å². The number of aliphatic hydroxyl groups excluding tert-OH is 2. The van der Waals surface area contributed by atoms with Crippen molar-refractivity contribution >= 4 is 12.1 Å². The van der Waals surface area contributed by atoms with E-state index in [1.54, 1.807) is 6.08 Å². The van der Waals surface area contributed by atoms with Gasteiger partial charge in [0.25, 0.3) is 0 Å². The Hall–Kier alpha value is -1.26. The number of ketones is 1. The third-order valence-corrected chi connectivity index (χ3v) is 8.63. The van der Waals surface area contributed by atoms with Crippen LogP contribution in [0, 0.1) is 40.4 Å². The molecule has 0 saturated heterocycles. The van der Waals surface area contributed by atoms with Crippen molar-refractivity contribution in [3.8, 4) is 0 Å². The highest BCUT2D eigenvalue weighted by Crippen LogP contribution is 2.58. The van der Waals surface area contributed by atoms with Crippen molar-refractivity contribution in [2.75, 3.05) is 0 Å². The van der Waals surface area contributed by atoms with Gasteiger partial charge in [-0.15, -0.1) is 0 Å². The van der Waals surface area contributed by atoms with Gasteiger partial charge in [0.2, 0.25) is 0 Å². The number of hydrogen-bond acceptors (Lipinski definition) is 4. The minimum absolute atomic E-state index is 0.00521. The van der Waals surface area contributed by atoms with Crippen molar-refractivity contribution in [2.45, 2.75) is 85.4 Å². The number of fused-ring (bicyclic) bond motifs is 1. The van der Waals surface area contributed by atoms with Crippen LogP contribution in [0.1, 0.15) is 73.1 Å². The Balaban J connectivity index is 1.95. The van der Waals surface area contributed by atoms with Gasteiger partial charge in [0, 0.05) is 17.8 Å². The maximum absolute atomic E-state index is 13.7. The number of hydrogen-bond donors (Lipinski definition) is 2. The topological polar surface area (TPSA) is 74.6 Å². The summed E-state index contributed by atoms with van der Waals surface area (Å²) in [5.41, 5.74) is -0.169. The van der Waals surface area contributed by atoms with Gasteiger partial charge in [-0.2, -0.15) is 0 Å². The fourth-order valence-electron chi connectivity index (χ4n) is 6.74. The maximum atomic E-state index is 13.7. The molecule has 0 aromatic rings. The summed E-state index contributed by atoms with van der Waals surface area (Å²) < 4.78 is 0. The van der Waals surface area contributed by atoms with Gasteiger partial charge in [-0.1, -0.05) is 46.8 Å². The number of aldehydes is 1. The summed E-state index contributed by atoms with van der Waals surface area (Å²) in [4.78, 5) is 25.4. The lowest BCUT2D eigenvalue weighted by atomic mass is 9.55. The van der Waals surface area contributed by atoms with Crippen LogP contribution >= 0.6 is 0 Å². The predicted molar refractivity (Wildman–Crippen MR) is 119 cm³/mol. The minimum atomic E-state index is -0.713. The number of allylic oxidation sites excluding steroid dienone is 3. The fraction of sp³-hybridized carbons (Fsp3) is 0.769. The Morgan fingerprint density at radius 1 is 1.13 bits per heavy atom. The third kappa shape index (κ3) is 3.98. The Kier molecular flexibility index (Phi) is 6.79. The zero-order valence-corrected chi connectivity index (χ0v) is 19.3. The number of carbonyl (C=O) groups is 2. The van der Waals surface area contributed by atoms with Gasteiger partial charge in [0.15, 0.2) is 5.78 Å². The van der Waals surface area contributed by atoms with Crippen LogP contribution in [-0.4, -0.2) is 34.5 Å². The summed E-state index contributed by atoms with van der Waals surface area (Å²) in [6, 6.07) is 0. The van der Waals surface area contributed by atoms with Crippen molar-refractivity contribution in [3.63, 3.8) is 0 Å². The Morgan fingerprint density at radius 2 is 1.83 bits per heavy atom. The van der Waals surface area contributed by atoms with E-state index in [1.807, 2.05) is 6.92 Å². The molecule has 30 heavy (non-hydrogen) atoms. The molecule has 0 radical (unpaired) electrons. The van der Waals surface area contributed by atoms with Gasteiger partial charge in [-0.3, -0.25) is 4.79 Å². The van der Waals surface area contributed by atoms with E-state index < -0.39 is 17.6 Å². The molecule has 2 fully saturated rings. The van der Waals surface area contributed by atoms with E-state index in [1.165, 1.54) is 0 Å². The molecule has 4 unspecified atom stereocenters. The largest absolute Gasteiger partial charge is 0.393 e. The number of carbonyl (C=O) groups excluding carboxylic acids is 2. The Morgan fingerprint density at radius 3 is 2.47 bits per heavy atom. The molecule has 0 aromatic heterocycles. The predicted octanol–water partition coefficient (Wildman–Crippen LogP) is 4.49. The monoisotopic (exact) mass is 416 g/mol. The van der Waals surface area contributed by atoms with Crippen molar-refractivity contribution < 1.29 is 19.8 Å². The molecule has 0 heterocycles. The van der Waals surface area contributed by atoms with Crippen LogP contribution in [-0.2, 0) is 9.59 Å². The summed E-state index contributed by atoms with van der Waals surface area (Å²) in [6.45, 7) is 10.7. The summed E-state index contributed by atoms with van der Waals surface area (Å²) in [6.07, 6.45) is 10.1. The number of aliphatic hydroxyl groups is 2. The molecule has 0 spiro atoms. The van der Waals surface area contributed by atoms with E-state index in [-0.39, 0.29) is 23.0 Å². The van der Waals surface area contributed by atoms with Crippen LogP contribution in [0.3, 0.4) is 0 Å². The second-order valence-electron chi connectivity index (χ2n) is 11.0. The average Bonchev–Trinajstić information content (AvgIpc) is 3.01. The Bertz CT molecular complexity index is 723. The van der Waals surface area contributed by atoms with Crippen molar-refractivity contribution in [3.05, 3.63) is 23.8 Å².